The van der Waals surface area contributed by atoms with E-state index < -0.39 is 0 Å². The van der Waals surface area contributed by atoms with Crippen molar-refractivity contribution in [3.8, 4) is 0 Å². The molecule has 1 fully saturated rings. The number of allylic oxidation sites excluding steroid dienone is 2. The Hall–Kier alpha value is -0.570. The van der Waals surface area contributed by atoms with Crippen molar-refractivity contribution < 1.29 is 4.59 Å². The summed E-state index contributed by atoms with van der Waals surface area (Å²) in [5.41, 5.74) is 2.16. The fourth-order valence-electron chi connectivity index (χ4n) is 2.48. The van der Waals surface area contributed by atoms with Crippen molar-refractivity contribution in [2.75, 3.05) is 13.1 Å². The molecule has 1 saturated heterocycles. The molecule has 0 amide bonds. The first-order valence-corrected chi connectivity index (χ1v) is 6.88. The number of aliphatic imine (C=N–C) groups is 2. The van der Waals surface area contributed by atoms with Gasteiger partial charge in [-0.15, -0.1) is 4.59 Å². The fraction of sp³-hybridized carbons (Fsp3) is 0.455. The molecule has 3 heterocycles. The largest absolute Gasteiger partial charge is 0.317 e. The molecule has 0 radical (unpaired) electrons. The summed E-state index contributed by atoms with van der Waals surface area (Å²) in [5.74, 6) is 6.86. The molecule has 3 rings (SSSR count). The van der Waals surface area contributed by atoms with Crippen LogP contribution >= 0.6 is 22.6 Å². The van der Waals surface area contributed by atoms with Gasteiger partial charge in [0.2, 0.25) is 5.70 Å². The van der Waals surface area contributed by atoms with Gasteiger partial charge >= 0.3 is 0 Å². The van der Waals surface area contributed by atoms with Gasteiger partial charge in [-0.1, -0.05) is 0 Å². The second kappa shape index (κ2) is 4.27. The van der Waals surface area contributed by atoms with E-state index in [0.29, 0.717) is 5.92 Å². The highest BCUT2D eigenvalue weighted by Crippen LogP contribution is 2.36. The summed E-state index contributed by atoms with van der Waals surface area (Å²) in [6.45, 7) is 2.12. The molecule has 0 aromatic carbocycles. The number of halogens is 1. The Kier molecular flexibility index (Phi) is 2.89. The van der Waals surface area contributed by atoms with Crippen LogP contribution in [0.3, 0.4) is 0 Å². The predicted molar refractivity (Wildman–Crippen MR) is 76.2 cm³/mol. The molecule has 0 aliphatic carbocycles. The topological polar surface area (TPSA) is 62.8 Å². The lowest BCUT2D eigenvalue weighted by Gasteiger charge is -2.25. The average Bonchev–Trinajstić information content (AvgIpc) is 2.63. The molecule has 0 aromatic heterocycles. The molecule has 1 atom stereocenters. The lowest BCUT2D eigenvalue weighted by Crippen LogP contribution is -2.50. The Morgan fingerprint density at radius 1 is 1.41 bits per heavy atom. The smallest absolute Gasteiger partial charge is 0.293 e. The normalized spacial score (nSPS) is 32.9. The first kappa shape index (κ1) is 11.5. The van der Waals surface area contributed by atoms with E-state index in [1.807, 2.05) is 12.4 Å². The van der Waals surface area contributed by atoms with Crippen LogP contribution in [-0.4, -0.2) is 27.7 Å². The zero-order chi connectivity index (χ0) is 11.9. The quantitative estimate of drug-likeness (QED) is 0.326. The van der Waals surface area contributed by atoms with E-state index in [9.17, 15) is 0 Å². The number of fused-ring (bicyclic) bond motifs is 1. The molecule has 90 valence electrons. The van der Waals surface area contributed by atoms with E-state index >= 15 is 0 Å². The Morgan fingerprint density at radius 2 is 2.18 bits per heavy atom. The number of nitrogens with one attached hydrogen (secondary N) is 1. The first-order chi connectivity index (χ1) is 8.22. The minimum atomic E-state index is 0.198. The van der Waals surface area contributed by atoms with E-state index in [1.54, 1.807) is 6.20 Å². The van der Waals surface area contributed by atoms with Crippen LogP contribution in [0.2, 0.25) is 0 Å². The predicted octanol–water partition coefficient (Wildman–Crippen LogP) is 1.25. The van der Waals surface area contributed by atoms with Crippen LogP contribution in [0.5, 0.6) is 0 Å². The maximum atomic E-state index is 6.35. The van der Waals surface area contributed by atoms with E-state index in [0.717, 1.165) is 41.2 Å². The molecule has 5 nitrogen and oxygen atoms in total. The van der Waals surface area contributed by atoms with Crippen molar-refractivity contribution in [3.05, 3.63) is 23.8 Å². The highest BCUT2D eigenvalue weighted by molar-refractivity contribution is 14.1. The Labute approximate surface area is 114 Å². The number of rotatable bonds is 1. The fourth-order valence-corrected chi connectivity index (χ4v) is 3.17. The first-order valence-electron chi connectivity index (χ1n) is 5.80. The third-order valence-electron chi connectivity index (χ3n) is 3.49. The molecule has 3 N–H and O–H groups in total. The molecule has 3 aliphatic heterocycles. The molecule has 0 saturated carbocycles. The maximum Gasteiger partial charge on any atom is 0.293 e. The minimum absolute atomic E-state index is 0.198. The Bertz CT molecular complexity index is 458. The summed E-state index contributed by atoms with van der Waals surface area (Å²) in [5, 5.41) is 3.37. The molecule has 17 heavy (non-hydrogen) atoms. The molecule has 0 spiro atoms. The van der Waals surface area contributed by atoms with E-state index in [4.69, 9.17) is 5.84 Å². The average molecular weight is 344 g/mol. The van der Waals surface area contributed by atoms with Crippen LogP contribution in [0.25, 0.3) is 0 Å². The van der Waals surface area contributed by atoms with E-state index in [1.165, 1.54) is 0 Å². The summed E-state index contributed by atoms with van der Waals surface area (Å²) in [6, 6.07) is 0. The van der Waals surface area contributed by atoms with E-state index in [2.05, 4.69) is 37.9 Å². The number of hydrogen-bond donors (Lipinski definition) is 2. The van der Waals surface area contributed by atoms with Crippen molar-refractivity contribution in [1.29, 1.82) is 0 Å². The molecular weight excluding hydrogens is 329 g/mol. The molecular formula is C11H15IN5+. The summed E-state index contributed by atoms with van der Waals surface area (Å²) in [4.78, 5) is 8.88. The Morgan fingerprint density at radius 3 is 2.94 bits per heavy atom. The summed E-state index contributed by atoms with van der Waals surface area (Å²) < 4.78 is 1.09. The number of quaternary nitrogens is 1. The highest BCUT2D eigenvalue weighted by Gasteiger charge is 2.43. The van der Waals surface area contributed by atoms with Gasteiger partial charge in [-0.2, -0.15) is 10.8 Å². The summed E-state index contributed by atoms with van der Waals surface area (Å²) >= 11 is 2.22. The molecule has 0 bridgehead atoms. The number of hydrogen-bond acceptors (Lipinski definition) is 4. The van der Waals surface area contributed by atoms with Crippen molar-refractivity contribution in [2.45, 2.75) is 12.8 Å². The van der Waals surface area contributed by atoms with Crippen LogP contribution in [0.1, 0.15) is 12.8 Å². The van der Waals surface area contributed by atoms with Crippen molar-refractivity contribution in [2.24, 2.45) is 21.7 Å². The lowest BCUT2D eigenvalue weighted by molar-refractivity contribution is -0.745. The molecule has 3 aliphatic rings. The third kappa shape index (κ3) is 1.79. The number of amidine groups is 1. The van der Waals surface area contributed by atoms with Crippen LogP contribution in [0.4, 0.5) is 0 Å². The van der Waals surface area contributed by atoms with Gasteiger partial charge in [-0.3, -0.25) is 4.99 Å². The van der Waals surface area contributed by atoms with E-state index in [-0.39, 0.29) is 4.59 Å². The number of piperidine rings is 1. The third-order valence-corrected chi connectivity index (χ3v) is 4.53. The second-order valence-electron chi connectivity index (χ2n) is 4.53. The number of nitrogens with two attached hydrogens (primary N) is 1. The van der Waals surface area contributed by atoms with Gasteiger partial charge in [0, 0.05) is 5.92 Å². The molecule has 0 aromatic rings. The van der Waals surface area contributed by atoms with Gasteiger partial charge in [-0.05, 0) is 25.9 Å². The van der Waals surface area contributed by atoms with Crippen LogP contribution < -0.4 is 11.2 Å². The zero-order valence-corrected chi connectivity index (χ0v) is 11.6. The maximum absolute atomic E-state index is 6.35. The van der Waals surface area contributed by atoms with Crippen LogP contribution in [0.15, 0.2) is 33.8 Å². The standard InChI is InChI=1S/C11H15IN5/c12-11-16-10(8-1-3-14-4-2-8)9-7-15-5-6-17(9,11)13/h5-8,14H,1-4,13H2/q+1. The second-order valence-corrected chi connectivity index (χ2v) is 5.49. The van der Waals surface area contributed by atoms with Gasteiger partial charge in [0.25, 0.3) is 3.84 Å². The highest BCUT2D eigenvalue weighted by atomic mass is 127. The van der Waals surface area contributed by atoms with Gasteiger partial charge in [0.05, 0.1) is 35.0 Å². The van der Waals surface area contributed by atoms with Gasteiger partial charge in [0.1, 0.15) is 11.9 Å². The van der Waals surface area contributed by atoms with Gasteiger partial charge in [0.15, 0.2) is 0 Å². The van der Waals surface area contributed by atoms with Gasteiger partial charge < -0.3 is 5.32 Å². The minimum Gasteiger partial charge on any atom is -0.317 e. The SMILES string of the molecule is N[N+]12C=CN=CC1=C(C1CCNCC1)N=C2I. The number of nitrogens with zero attached hydrogens (tertiary/aromatic N) is 3. The summed E-state index contributed by atoms with van der Waals surface area (Å²) in [7, 11) is 0. The monoisotopic (exact) mass is 344 g/mol. The van der Waals surface area contributed by atoms with Crippen molar-refractivity contribution >= 4 is 32.6 Å². The van der Waals surface area contributed by atoms with Crippen molar-refractivity contribution in [3.63, 3.8) is 0 Å². The lowest BCUT2D eigenvalue weighted by atomic mass is 9.93. The van der Waals surface area contributed by atoms with Crippen LogP contribution in [-0.2, 0) is 0 Å². The zero-order valence-electron chi connectivity index (χ0n) is 9.43. The molecule has 1 unspecified atom stereocenters. The summed E-state index contributed by atoms with van der Waals surface area (Å²) in [6.07, 6.45) is 7.73. The van der Waals surface area contributed by atoms with Crippen molar-refractivity contribution in [1.82, 2.24) is 5.32 Å². The van der Waals surface area contributed by atoms with Crippen LogP contribution in [0, 0.1) is 5.92 Å². The Balaban J connectivity index is 2.00. The molecule has 6 heteroatoms. The van der Waals surface area contributed by atoms with Gasteiger partial charge in [-0.25, -0.2) is 0 Å².